The third-order valence-corrected chi connectivity index (χ3v) is 11.6. The summed E-state index contributed by atoms with van der Waals surface area (Å²) in [5.41, 5.74) is 8.73. The molecule has 7 rings (SSSR count). The number of nitrogens with zero attached hydrogens (tertiary/aromatic N) is 5. The fourth-order valence-electron chi connectivity index (χ4n) is 8.63. The molecule has 282 valence electrons. The average molecular weight is 723 g/mol. The van der Waals surface area contributed by atoms with Crippen LogP contribution in [0.2, 0.25) is 0 Å². The van der Waals surface area contributed by atoms with E-state index in [1.807, 2.05) is 0 Å². The zero-order valence-corrected chi connectivity index (χ0v) is 30.1. The molecule has 5 saturated heterocycles. The highest BCUT2D eigenvalue weighted by atomic mass is 16.3. The first-order valence-electron chi connectivity index (χ1n) is 18.5. The molecule has 0 bridgehead atoms. The number of carbonyl (C=O) groups is 6. The minimum Gasteiger partial charge on any atom is -0.381 e. The van der Waals surface area contributed by atoms with Crippen molar-refractivity contribution in [2.24, 2.45) is 5.92 Å². The van der Waals surface area contributed by atoms with Gasteiger partial charge in [0.05, 0.1) is 0 Å². The summed E-state index contributed by atoms with van der Waals surface area (Å²) in [6.45, 7) is 6.41. The van der Waals surface area contributed by atoms with E-state index in [9.17, 15) is 33.9 Å². The normalized spacial score (nSPS) is 34.8. The van der Waals surface area contributed by atoms with Gasteiger partial charge in [-0.1, -0.05) is 32.0 Å². The second kappa shape index (κ2) is 13.9. The molecule has 0 aliphatic carbocycles. The molecular weight excluding hydrogens is 672 g/mol. The minimum atomic E-state index is -1.65. The maximum absolute atomic E-state index is 14.9. The van der Waals surface area contributed by atoms with Crippen molar-refractivity contribution in [1.29, 1.82) is 0 Å². The lowest BCUT2D eigenvalue weighted by atomic mass is 9.91. The van der Waals surface area contributed by atoms with Crippen molar-refractivity contribution in [1.82, 2.24) is 46.4 Å². The number of amides is 6. The van der Waals surface area contributed by atoms with Crippen LogP contribution in [0.3, 0.4) is 0 Å². The molecule has 6 N–H and O–H groups in total. The number of hydrazine groups is 3. The fraction of sp³-hybridized carbons (Fsp3) is 0.657. The lowest BCUT2D eigenvalue weighted by Gasteiger charge is -2.45. The summed E-state index contributed by atoms with van der Waals surface area (Å²) in [5, 5.41) is 22.3. The molecule has 17 nitrogen and oxygen atoms in total. The summed E-state index contributed by atoms with van der Waals surface area (Å²) < 4.78 is 0. The van der Waals surface area contributed by atoms with Crippen LogP contribution in [0.15, 0.2) is 24.3 Å². The predicted molar refractivity (Wildman–Crippen MR) is 186 cm³/mol. The SMILES string of the molecule is CC(C)C1NC(=O)C2CC3(O)c4ccccc4NC3N2C(=O)C2CCCNN2C(=O)C(C)N(C)C(=O)C2CCCNN2C(=O)C2CCCNN2C1=O. The van der Waals surface area contributed by atoms with Crippen LogP contribution in [0.4, 0.5) is 5.69 Å². The first kappa shape index (κ1) is 36.1. The summed E-state index contributed by atoms with van der Waals surface area (Å²) in [4.78, 5) is 89.2. The number of hydrogen-bond donors (Lipinski definition) is 6. The zero-order chi connectivity index (χ0) is 37.1. The Labute approximate surface area is 302 Å². The van der Waals surface area contributed by atoms with Gasteiger partial charge in [0.2, 0.25) is 17.7 Å². The number of benzene rings is 1. The van der Waals surface area contributed by atoms with E-state index < -0.39 is 89.4 Å². The number of aliphatic hydroxyl groups is 1. The van der Waals surface area contributed by atoms with Crippen molar-refractivity contribution in [2.45, 2.75) is 114 Å². The van der Waals surface area contributed by atoms with Crippen LogP contribution in [0.1, 0.15) is 71.3 Å². The number of hydrogen-bond acceptors (Lipinski definition) is 11. The van der Waals surface area contributed by atoms with Gasteiger partial charge in [0.25, 0.3) is 17.7 Å². The molecule has 5 fully saturated rings. The van der Waals surface area contributed by atoms with E-state index in [0.717, 1.165) is 0 Å². The Bertz CT molecular complexity index is 1640. The van der Waals surface area contributed by atoms with Crippen molar-refractivity contribution in [3.8, 4) is 0 Å². The summed E-state index contributed by atoms with van der Waals surface area (Å²) in [6, 6.07) is 0.782. The number of carbonyl (C=O) groups excluding carboxylic acids is 6. The highest BCUT2D eigenvalue weighted by molar-refractivity contribution is 5.99. The first-order chi connectivity index (χ1) is 24.8. The van der Waals surface area contributed by atoms with Crippen LogP contribution in [-0.2, 0) is 34.4 Å². The second-order valence-electron chi connectivity index (χ2n) is 15.2. The Morgan fingerprint density at radius 3 is 1.87 bits per heavy atom. The number of fused-ring (bicyclic) bond motifs is 8. The van der Waals surface area contributed by atoms with Crippen LogP contribution in [-0.4, -0.2) is 134 Å². The molecule has 6 amide bonds. The molecule has 6 aliphatic rings. The van der Waals surface area contributed by atoms with E-state index in [0.29, 0.717) is 63.0 Å². The molecule has 17 heteroatoms. The molecular formula is C35H50N10O7. The Kier molecular flexibility index (Phi) is 9.65. The van der Waals surface area contributed by atoms with Gasteiger partial charge in [0.1, 0.15) is 48.0 Å². The molecule has 8 unspecified atom stereocenters. The highest BCUT2D eigenvalue weighted by Gasteiger charge is 2.61. The van der Waals surface area contributed by atoms with Crippen molar-refractivity contribution in [3.05, 3.63) is 29.8 Å². The number of likely N-dealkylation sites (N-methyl/N-ethyl adjacent to an activating group) is 1. The number of para-hydroxylation sites is 1. The third kappa shape index (κ3) is 5.87. The van der Waals surface area contributed by atoms with Crippen molar-refractivity contribution in [2.75, 3.05) is 32.0 Å². The summed E-state index contributed by atoms with van der Waals surface area (Å²) in [6.07, 6.45) is 1.50. The zero-order valence-electron chi connectivity index (χ0n) is 30.1. The molecule has 8 atom stereocenters. The predicted octanol–water partition coefficient (Wildman–Crippen LogP) is -1.29. The van der Waals surface area contributed by atoms with Gasteiger partial charge in [0, 0.05) is 44.4 Å². The maximum atomic E-state index is 14.9. The van der Waals surface area contributed by atoms with Gasteiger partial charge >= 0.3 is 0 Å². The lowest BCUT2D eigenvalue weighted by molar-refractivity contribution is -0.165. The van der Waals surface area contributed by atoms with Crippen LogP contribution in [0.25, 0.3) is 0 Å². The smallest absolute Gasteiger partial charge is 0.261 e. The van der Waals surface area contributed by atoms with Crippen LogP contribution in [0, 0.1) is 5.92 Å². The summed E-state index contributed by atoms with van der Waals surface area (Å²) in [7, 11) is 1.51. The molecule has 6 aliphatic heterocycles. The van der Waals surface area contributed by atoms with Gasteiger partial charge < -0.3 is 25.5 Å². The summed E-state index contributed by atoms with van der Waals surface area (Å²) in [5.74, 6) is -3.59. The maximum Gasteiger partial charge on any atom is 0.261 e. The summed E-state index contributed by atoms with van der Waals surface area (Å²) >= 11 is 0. The van der Waals surface area contributed by atoms with E-state index in [1.54, 1.807) is 45.0 Å². The van der Waals surface area contributed by atoms with Gasteiger partial charge in [-0.15, -0.1) is 0 Å². The lowest BCUT2D eigenvalue weighted by Crippen LogP contribution is -2.69. The van der Waals surface area contributed by atoms with E-state index in [-0.39, 0.29) is 12.8 Å². The van der Waals surface area contributed by atoms with Crippen LogP contribution >= 0.6 is 0 Å². The Morgan fingerprint density at radius 2 is 1.25 bits per heavy atom. The van der Waals surface area contributed by atoms with E-state index >= 15 is 0 Å². The minimum absolute atomic E-state index is 0.162. The van der Waals surface area contributed by atoms with E-state index in [2.05, 4.69) is 26.9 Å². The van der Waals surface area contributed by atoms with Crippen molar-refractivity contribution >= 4 is 41.1 Å². The Balaban J connectivity index is 1.32. The number of anilines is 1. The van der Waals surface area contributed by atoms with E-state index in [1.165, 1.54) is 31.9 Å². The van der Waals surface area contributed by atoms with E-state index in [4.69, 9.17) is 0 Å². The second-order valence-corrected chi connectivity index (χ2v) is 15.2. The van der Waals surface area contributed by atoms with Gasteiger partial charge in [-0.25, -0.2) is 16.3 Å². The molecule has 6 heterocycles. The molecule has 0 aromatic heterocycles. The Morgan fingerprint density at radius 1 is 0.712 bits per heavy atom. The molecule has 0 saturated carbocycles. The number of nitrogens with one attached hydrogen (secondary N) is 5. The van der Waals surface area contributed by atoms with Crippen molar-refractivity contribution in [3.63, 3.8) is 0 Å². The molecule has 1 aromatic carbocycles. The largest absolute Gasteiger partial charge is 0.381 e. The monoisotopic (exact) mass is 722 g/mol. The first-order valence-corrected chi connectivity index (χ1v) is 18.5. The highest BCUT2D eigenvalue weighted by Crippen LogP contribution is 2.49. The molecule has 0 radical (unpaired) electrons. The fourth-order valence-corrected chi connectivity index (χ4v) is 8.63. The molecule has 52 heavy (non-hydrogen) atoms. The average Bonchev–Trinajstić information content (AvgIpc) is 3.62. The Hall–Kier alpha value is -4.32. The quantitative estimate of drug-likeness (QED) is 0.202. The topological polar surface area (TPSA) is 199 Å². The third-order valence-electron chi connectivity index (χ3n) is 11.6. The van der Waals surface area contributed by atoms with Crippen LogP contribution < -0.4 is 26.9 Å². The molecule has 0 spiro atoms. The van der Waals surface area contributed by atoms with Gasteiger partial charge in [-0.2, -0.15) is 0 Å². The van der Waals surface area contributed by atoms with Gasteiger partial charge in [-0.3, -0.25) is 43.8 Å². The van der Waals surface area contributed by atoms with Gasteiger partial charge in [0.15, 0.2) is 0 Å². The van der Waals surface area contributed by atoms with Crippen molar-refractivity contribution < 1.29 is 33.9 Å². The van der Waals surface area contributed by atoms with Gasteiger partial charge in [-0.05, 0) is 57.4 Å². The number of rotatable bonds is 1. The standard InChI is InChI=1S/C35H50N10O7/c1-19(2)27-33(51)45-25(14-9-17-38-45)32(50)44-23(12-7-16-37-44)30(48)41(4)20(3)29(47)43-24(13-8-15-36-43)31(49)42-26(28(46)40-27)18-35(52)21-10-5-6-11-22(21)39-34(35)42/h5-6,10-11,19-20,23-27,34,36-39,52H,7-9,12-18H2,1-4H3,(H,40,46). The van der Waals surface area contributed by atoms with Crippen LogP contribution in [0.5, 0.6) is 0 Å². The molecule has 1 aromatic rings.